The smallest absolute Gasteiger partial charge is 0.333 e. The topological polar surface area (TPSA) is 148 Å². The molecule has 3 amide bonds. The number of nitrogens with zero attached hydrogens (tertiary/aromatic N) is 2. The van der Waals surface area contributed by atoms with Gasteiger partial charge in [-0.15, -0.1) is 0 Å². The lowest BCUT2D eigenvalue weighted by atomic mass is 10.0. The molecule has 3 heterocycles. The average Bonchev–Trinajstić information content (AvgIpc) is 2.97. The second-order valence-electron chi connectivity index (χ2n) is 11.1. The van der Waals surface area contributed by atoms with Gasteiger partial charge in [-0.25, -0.2) is 14.6 Å². The van der Waals surface area contributed by atoms with E-state index in [1.54, 1.807) is 6.08 Å². The molecule has 2 aliphatic rings. The van der Waals surface area contributed by atoms with E-state index in [1.807, 2.05) is 43.3 Å². The average molecular weight is 600 g/mol. The van der Waals surface area contributed by atoms with Gasteiger partial charge in [-0.1, -0.05) is 30.4 Å². The van der Waals surface area contributed by atoms with Gasteiger partial charge in [0.15, 0.2) is 5.67 Å². The van der Waals surface area contributed by atoms with Gasteiger partial charge in [-0.05, 0) is 58.2 Å². The summed E-state index contributed by atoms with van der Waals surface area (Å²) in [4.78, 5) is 56.3. The summed E-state index contributed by atoms with van der Waals surface area (Å²) in [7, 11) is 0. The summed E-state index contributed by atoms with van der Waals surface area (Å²) in [6, 6.07) is 7.39. The predicted molar refractivity (Wildman–Crippen MR) is 155 cm³/mol. The van der Waals surface area contributed by atoms with Crippen molar-refractivity contribution in [2.24, 2.45) is 0 Å². The van der Waals surface area contributed by atoms with E-state index < -0.39 is 54.3 Å². The van der Waals surface area contributed by atoms with E-state index in [-0.39, 0.29) is 19.3 Å². The predicted octanol–water partition coefficient (Wildman–Crippen LogP) is 2.09. The molecule has 2 aliphatic heterocycles. The number of esters is 1. The molecule has 13 heteroatoms. The highest BCUT2D eigenvalue weighted by Crippen LogP contribution is 2.21. The number of carbonyl (C=O) groups is 4. The highest BCUT2D eigenvalue weighted by molar-refractivity contribution is 5.91. The second kappa shape index (κ2) is 14.0. The summed E-state index contributed by atoms with van der Waals surface area (Å²) in [5.74, 6) is -2.80. The van der Waals surface area contributed by atoms with Gasteiger partial charge >= 0.3 is 5.97 Å². The van der Waals surface area contributed by atoms with Crippen LogP contribution < -0.4 is 16.1 Å². The second-order valence-corrected chi connectivity index (χ2v) is 11.1. The SMILES string of the molecule is C[C@@H]1NC(=O)[C@H](C(C)(C)F)OC(=O)COCOC/C=C/c2ccc3ccc(nc3c2)[C@@H](C)NC(=O)[C@@H]2CCCN(N2)C1=O. The Morgan fingerprint density at radius 1 is 1.00 bits per heavy atom. The molecule has 12 nitrogen and oxygen atoms in total. The fraction of sp³-hybridized carbons (Fsp3) is 0.500. The van der Waals surface area contributed by atoms with E-state index >= 15 is 0 Å². The number of benzene rings is 1. The minimum Gasteiger partial charge on any atom is -0.447 e. The van der Waals surface area contributed by atoms with Gasteiger partial charge in [0.1, 0.15) is 25.5 Å². The lowest BCUT2D eigenvalue weighted by molar-refractivity contribution is -0.172. The number of carbonyl (C=O) groups excluding carboxylic acids is 4. The van der Waals surface area contributed by atoms with Crippen LogP contribution in [0.5, 0.6) is 0 Å². The van der Waals surface area contributed by atoms with E-state index in [2.05, 4.69) is 16.1 Å². The first-order valence-corrected chi connectivity index (χ1v) is 14.2. The largest absolute Gasteiger partial charge is 0.447 e. The summed E-state index contributed by atoms with van der Waals surface area (Å²) in [5, 5.41) is 7.60. The molecule has 0 aliphatic carbocycles. The van der Waals surface area contributed by atoms with Crippen molar-refractivity contribution >= 4 is 40.7 Å². The summed E-state index contributed by atoms with van der Waals surface area (Å²) >= 11 is 0. The summed E-state index contributed by atoms with van der Waals surface area (Å²) in [6.07, 6.45) is 2.81. The van der Waals surface area contributed by atoms with E-state index in [0.29, 0.717) is 25.1 Å². The maximum absolute atomic E-state index is 14.9. The molecule has 232 valence electrons. The zero-order chi connectivity index (χ0) is 31.1. The Balaban J connectivity index is 1.55. The number of hydrazine groups is 1. The quantitative estimate of drug-likeness (QED) is 0.419. The van der Waals surface area contributed by atoms with Gasteiger partial charge < -0.3 is 24.8 Å². The van der Waals surface area contributed by atoms with Gasteiger partial charge in [0.05, 0.1) is 23.9 Å². The van der Waals surface area contributed by atoms with Gasteiger partial charge in [-0.3, -0.25) is 24.4 Å². The number of nitrogens with one attached hydrogen (secondary N) is 3. The van der Waals surface area contributed by atoms with Crippen LogP contribution in [0.25, 0.3) is 17.0 Å². The first kappa shape index (κ1) is 32.0. The third-order valence-electron chi connectivity index (χ3n) is 7.06. The molecule has 0 spiro atoms. The zero-order valence-electron chi connectivity index (χ0n) is 24.7. The molecule has 0 unspecified atom stereocenters. The van der Waals surface area contributed by atoms with Crippen LogP contribution in [-0.4, -0.2) is 84.1 Å². The molecule has 4 atom stereocenters. The van der Waals surface area contributed by atoms with Crippen molar-refractivity contribution in [1.82, 2.24) is 26.1 Å². The molecule has 4 rings (SSSR count). The van der Waals surface area contributed by atoms with Crippen molar-refractivity contribution in [2.45, 2.75) is 70.4 Å². The number of hydrogen-bond acceptors (Lipinski definition) is 9. The van der Waals surface area contributed by atoms with Crippen molar-refractivity contribution in [3.8, 4) is 0 Å². The standard InChI is InChI=1S/C30H38FN5O7/c1-18-22-12-11-21-10-9-20(15-24(21)34-22)7-6-14-41-17-42-16-25(37)43-26(30(3,4)31)28(39)33-19(2)29(40)36-13-5-8-23(35-36)27(38)32-18/h6-7,9-12,15,18-19,23,26,35H,5,8,13-14,16-17H2,1-4H3,(H,32,38)(H,33,39)/b7-6+/t18-,19+,23+,26-/m1/s1. The number of cyclic esters (lactones) is 1. The minimum absolute atomic E-state index is 0.185. The molecular weight excluding hydrogens is 561 g/mol. The number of halogens is 1. The fourth-order valence-electron chi connectivity index (χ4n) is 4.76. The highest BCUT2D eigenvalue weighted by atomic mass is 19.1. The van der Waals surface area contributed by atoms with Crippen LogP contribution in [0.15, 0.2) is 36.4 Å². The normalized spacial score (nSPS) is 26.3. The summed E-state index contributed by atoms with van der Waals surface area (Å²) in [6.45, 7) is 5.11. The van der Waals surface area contributed by atoms with E-state index in [9.17, 15) is 23.6 Å². The lowest BCUT2D eigenvalue weighted by Crippen LogP contribution is -2.61. The number of pyridine rings is 1. The van der Waals surface area contributed by atoms with Gasteiger partial charge in [-0.2, -0.15) is 0 Å². The Hall–Kier alpha value is -3.94. The minimum atomic E-state index is -2.26. The Morgan fingerprint density at radius 3 is 2.51 bits per heavy atom. The molecule has 1 aromatic heterocycles. The van der Waals surface area contributed by atoms with Crippen LogP contribution in [0.2, 0.25) is 0 Å². The molecule has 3 N–H and O–H groups in total. The number of hydrogen-bond donors (Lipinski definition) is 3. The van der Waals surface area contributed by atoms with E-state index in [1.165, 1.54) is 11.9 Å². The third kappa shape index (κ3) is 8.55. The molecule has 1 aromatic carbocycles. The number of aromatic nitrogens is 1. The Bertz CT molecular complexity index is 1380. The van der Waals surface area contributed by atoms with Crippen molar-refractivity contribution in [3.05, 3.63) is 47.7 Å². The van der Waals surface area contributed by atoms with Crippen LogP contribution in [0, 0.1) is 0 Å². The molecule has 0 radical (unpaired) electrons. The fourth-order valence-corrected chi connectivity index (χ4v) is 4.76. The molecule has 0 saturated carbocycles. The van der Waals surface area contributed by atoms with Gasteiger partial charge in [0.2, 0.25) is 12.0 Å². The van der Waals surface area contributed by atoms with Crippen molar-refractivity contribution in [3.63, 3.8) is 0 Å². The van der Waals surface area contributed by atoms with Crippen LogP contribution in [0.1, 0.15) is 57.8 Å². The van der Waals surface area contributed by atoms with Gasteiger partial charge in [0.25, 0.3) is 11.8 Å². The first-order chi connectivity index (χ1) is 20.4. The molecule has 1 fully saturated rings. The Labute approximate surface area is 249 Å². The Kier molecular flexibility index (Phi) is 10.4. The van der Waals surface area contributed by atoms with Crippen LogP contribution >= 0.6 is 0 Å². The zero-order valence-corrected chi connectivity index (χ0v) is 24.7. The maximum atomic E-state index is 14.9. The summed E-state index contributed by atoms with van der Waals surface area (Å²) in [5.41, 5.74) is 3.00. The van der Waals surface area contributed by atoms with Crippen molar-refractivity contribution in [2.75, 3.05) is 26.6 Å². The number of amides is 3. The van der Waals surface area contributed by atoms with Gasteiger partial charge in [0, 0.05) is 11.9 Å². The third-order valence-corrected chi connectivity index (χ3v) is 7.06. The van der Waals surface area contributed by atoms with E-state index in [0.717, 1.165) is 30.3 Å². The van der Waals surface area contributed by atoms with Crippen LogP contribution in [-0.2, 0) is 33.4 Å². The van der Waals surface area contributed by atoms with Crippen molar-refractivity contribution < 1.29 is 37.8 Å². The highest BCUT2D eigenvalue weighted by Gasteiger charge is 2.40. The Morgan fingerprint density at radius 2 is 1.74 bits per heavy atom. The van der Waals surface area contributed by atoms with E-state index in [4.69, 9.17) is 19.2 Å². The monoisotopic (exact) mass is 599 g/mol. The number of rotatable bonds is 1. The molecule has 2 aromatic rings. The van der Waals surface area contributed by atoms with Crippen molar-refractivity contribution in [1.29, 1.82) is 0 Å². The van der Waals surface area contributed by atoms with Crippen LogP contribution in [0.3, 0.4) is 0 Å². The molecule has 5 bridgehead atoms. The first-order valence-electron chi connectivity index (χ1n) is 14.2. The number of fused-ring (bicyclic) bond motifs is 4. The number of alkyl halides is 1. The van der Waals surface area contributed by atoms with Crippen LogP contribution in [0.4, 0.5) is 4.39 Å². The molecule has 1 saturated heterocycles. The summed E-state index contributed by atoms with van der Waals surface area (Å²) < 4.78 is 30.5. The lowest BCUT2D eigenvalue weighted by Gasteiger charge is -2.35. The molecular formula is C30H38FN5O7. The molecule has 43 heavy (non-hydrogen) atoms. The number of ether oxygens (including phenoxy) is 3. The maximum Gasteiger partial charge on any atom is 0.333 e.